The maximum atomic E-state index is 4.15. The molecular weight excluding hydrogens is 633 g/mol. The normalized spacial score (nSPS) is 17.7. The van der Waals surface area contributed by atoms with Gasteiger partial charge in [0.05, 0.1) is 13.1 Å². The molecule has 280 valence electrons. The highest BCUT2D eigenvalue weighted by Crippen LogP contribution is 2.23. The first-order chi connectivity index (χ1) is 24.3. The molecule has 0 aliphatic carbocycles. The van der Waals surface area contributed by atoms with Crippen LogP contribution in [0.1, 0.15) is 80.6 Å². The molecule has 2 aromatic rings. The largest absolute Gasteiger partial charge is 0.378 e. The highest BCUT2D eigenvalue weighted by molar-refractivity contribution is 5.94. The van der Waals surface area contributed by atoms with Crippen LogP contribution in [-0.2, 0) is 14.1 Å². The third-order valence-electron chi connectivity index (χ3n) is 8.18. The zero-order valence-electron chi connectivity index (χ0n) is 33.5. The third-order valence-corrected chi connectivity index (χ3v) is 8.18. The zero-order valence-corrected chi connectivity index (χ0v) is 33.5. The van der Waals surface area contributed by atoms with E-state index in [1.54, 1.807) is 21.8 Å². The first-order valence-corrected chi connectivity index (χ1v) is 18.0. The highest BCUT2D eigenvalue weighted by atomic mass is 15.2. The fourth-order valence-electron chi connectivity index (χ4n) is 4.44. The summed E-state index contributed by atoms with van der Waals surface area (Å²) in [6.07, 6.45) is 32.0. The Morgan fingerprint density at radius 1 is 0.725 bits per heavy atom. The van der Waals surface area contributed by atoms with E-state index in [9.17, 15) is 0 Å². The maximum Gasteiger partial charge on any atom is 0.0577 e. The maximum absolute atomic E-state index is 4.15. The summed E-state index contributed by atoms with van der Waals surface area (Å²) in [7, 11) is 8.02. The molecule has 0 amide bonds. The summed E-state index contributed by atoms with van der Waals surface area (Å²) >= 11 is 0. The fraction of sp³-hybridized carbons (Fsp3) is 0.512. The van der Waals surface area contributed by atoms with Crippen molar-refractivity contribution in [3.63, 3.8) is 0 Å². The molecule has 0 saturated carbocycles. The molecule has 0 spiro atoms. The lowest BCUT2D eigenvalue weighted by molar-refractivity contribution is 0.252. The molecule has 0 saturated heterocycles. The van der Waals surface area contributed by atoms with Gasteiger partial charge >= 0.3 is 0 Å². The van der Waals surface area contributed by atoms with Gasteiger partial charge in [-0.1, -0.05) is 30.4 Å². The second kappa shape index (κ2) is 26.2. The molecule has 8 heterocycles. The van der Waals surface area contributed by atoms with E-state index in [0.29, 0.717) is 5.54 Å². The Hall–Kier alpha value is -4.60. The Morgan fingerprint density at radius 3 is 1.43 bits per heavy atom. The van der Waals surface area contributed by atoms with Crippen molar-refractivity contribution < 1.29 is 0 Å². The summed E-state index contributed by atoms with van der Waals surface area (Å²) in [6.45, 7) is 18.8. The predicted octanol–water partition coefficient (Wildman–Crippen LogP) is 8.32. The summed E-state index contributed by atoms with van der Waals surface area (Å²) in [6, 6.07) is 3.78. The van der Waals surface area contributed by atoms with E-state index in [4.69, 9.17) is 0 Å². The second-order valence-corrected chi connectivity index (χ2v) is 13.3. The number of aryl methyl sites for hydroxylation is 2. The average molecular weight is 699 g/mol. The summed E-state index contributed by atoms with van der Waals surface area (Å²) < 4.78 is 3.50. The first kappa shape index (κ1) is 44.4. The Labute approximate surface area is 309 Å². The van der Waals surface area contributed by atoms with Crippen molar-refractivity contribution in [3.8, 4) is 0 Å². The van der Waals surface area contributed by atoms with E-state index >= 15 is 0 Å². The number of allylic oxidation sites excluding steroid dienone is 5. The molecule has 0 fully saturated rings. The van der Waals surface area contributed by atoms with E-state index in [2.05, 4.69) is 118 Å². The quantitative estimate of drug-likeness (QED) is 0.277. The van der Waals surface area contributed by atoms with Crippen LogP contribution in [0.5, 0.6) is 0 Å². The van der Waals surface area contributed by atoms with Crippen molar-refractivity contribution in [1.29, 1.82) is 0 Å². The van der Waals surface area contributed by atoms with Crippen LogP contribution >= 0.6 is 0 Å². The molecule has 0 unspecified atom stereocenters. The molecule has 0 atom stereocenters. The van der Waals surface area contributed by atoms with E-state index in [-0.39, 0.29) is 0 Å². The molecule has 6 aliphatic rings. The van der Waals surface area contributed by atoms with Crippen molar-refractivity contribution in [2.45, 2.75) is 86.1 Å². The van der Waals surface area contributed by atoms with Crippen molar-refractivity contribution in [1.82, 2.24) is 29.4 Å². The number of nitrogens with zero attached hydrogens (tertiary/aromatic N) is 10. The highest BCUT2D eigenvalue weighted by Gasteiger charge is 2.22. The molecule has 51 heavy (non-hydrogen) atoms. The molecule has 8 rings (SSSR count). The fourth-order valence-corrected chi connectivity index (χ4v) is 4.44. The average Bonchev–Trinajstić information content (AvgIpc) is 3.92. The number of aliphatic imine (C=N–C) groups is 4. The van der Waals surface area contributed by atoms with Crippen LogP contribution in [0.15, 0.2) is 117 Å². The number of hydrogen-bond acceptors (Lipinski definition) is 8. The standard InChI is InChI=1S/C7H13N.C6H11N.C5H9N.3C5H7N.2C4H6N2/c1-7(2)5-4-6-8(7)3;1-6-4-3-5-7(6)2;4*1-5-3-2-4-6-5;2*1-6-4-2-3-5-6/h4,6H,5H2,1-3H3;4H,3,5H2,1-2H3;2-4H2,1H3;3-4H,2H2,1H3;2*2-3H,4H2,1H3;2*2-4H,1H3. The van der Waals surface area contributed by atoms with Gasteiger partial charge in [-0.25, -0.2) is 0 Å². The molecule has 0 aromatic carbocycles. The molecule has 2 aromatic heterocycles. The van der Waals surface area contributed by atoms with Gasteiger partial charge in [0.2, 0.25) is 0 Å². The van der Waals surface area contributed by atoms with E-state index in [0.717, 1.165) is 43.2 Å². The Morgan fingerprint density at radius 2 is 1.31 bits per heavy atom. The summed E-state index contributed by atoms with van der Waals surface area (Å²) in [5.41, 5.74) is 6.56. The predicted molar refractivity (Wildman–Crippen MR) is 221 cm³/mol. The molecule has 0 radical (unpaired) electrons. The van der Waals surface area contributed by atoms with Crippen molar-refractivity contribution in [2.75, 3.05) is 40.3 Å². The molecule has 0 bridgehead atoms. The molecular formula is C41H66N10. The van der Waals surface area contributed by atoms with Crippen LogP contribution in [0.4, 0.5) is 0 Å². The zero-order chi connectivity index (χ0) is 37.9. The van der Waals surface area contributed by atoms with E-state index in [1.165, 1.54) is 43.6 Å². The van der Waals surface area contributed by atoms with Crippen LogP contribution in [0.2, 0.25) is 0 Å². The van der Waals surface area contributed by atoms with Crippen LogP contribution in [-0.4, -0.2) is 98.5 Å². The van der Waals surface area contributed by atoms with Gasteiger partial charge in [-0.05, 0) is 105 Å². The van der Waals surface area contributed by atoms with Crippen molar-refractivity contribution in [3.05, 3.63) is 97.0 Å². The molecule has 0 N–H and O–H groups in total. The Bertz CT molecular complexity index is 1370. The summed E-state index contributed by atoms with van der Waals surface area (Å²) in [5.74, 6) is 0. The first-order valence-electron chi connectivity index (χ1n) is 18.0. The SMILES string of the molecule is CC1=CCC=N1.CC1=CCCN1C.CC1=NCC=C1.CC1=NCC=C1.CC1=NCCC1.CN1C=CCC1(C)C.Cn1cccn1.Cn1cccn1. The lowest BCUT2D eigenvalue weighted by atomic mass is 10.0. The lowest BCUT2D eigenvalue weighted by Crippen LogP contribution is -2.32. The van der Waals surface area contributed by atoms with Gasteiger partial charge in [0.15, 0.2) is 0 Å². The second-order valence-electron chi connectivity index (χ2n) is 13.3. The molecule has 10 heteroatoms. The van der Waals surface area contributed by atoms with Crippen LogP contribution in [0.25, 0.3) is 0 Å². The summed E-state index contributed by atoms with van der Waals surface area (Å²) in [4.78, 5) is 20.7. The number of aromatic nitrogens is 4. The van der Waals surface area contributed by atoms with Gasteiger partial charge in [0.1, 0.15) is 0 Å². The summed E-state index contributed by atoms with van der Waals surface area (Å²) in [5, 5.41) is 7.67. The smallest absolute Gasteiger partial charge is 0.0577 e. The van der Waals surface area contributed by atoms with Gasteiger partial charge in [-0.15, -0.1) is 0 Å². The van der Waals surface area contributed by atoms with Gasteiger partial charge in [-0.2, -0.15) is 10.2 Å². The van der Waals surface area contributed by atoms with Gasteiger partial charge < -0.3 is 9.80 Å². The molecule has 10 nitrogen and oxygen atoms in total. The minimum absolute atomic E-state index is 0.375. The van der Waals surface area contributed by atoms with Crippen LogP contribution in [0, 0.1) is 0 Å². The number of rotatable bonds is 0. The van der Waals surface area contributed by atoms with Crippen LogP contribution < -0.4 is 0 Å². The van der Waals surface area contributed by atoms with Crippen molar-refractivity contribution in [2.24, 2.45) is 34.1 Å². The minimum Gasteiger partial charge on any atom is -0.378 e. The number of hydrogen-bond donors (Lipinski definition) is 0. The Balaban J connectivity index is 0.000000292. The van der Waals surface area contributed by atoms with Gasteiger partial charge in [-0.3, -0.25) is 29.3 Å². The van der Waals surface area contributed by atoms with Gasteiger partial charge in [0.25, 0.3) is 0 Å². The third kappa shape index (κ3) is 23.4. The van der Waals surface area contributed by atoms with Crippen LogP contribution in [0.3, 0.4) is 0 Å². The van der Waals surface area contributed by atoms with E-state index < -0.39 is 0 Å². The topological polar surface area (TPSA) is 91.6 Å². The Kier molecular flexibility index (Phi) is 22.9. The van der Waals surface area contributed by atoms with Crippen molar-refractivity contribution >= 4 is 23.3 Å². The monoisotopic (exact) mass is 699 g/mol. The van der Waals surface area contributed by atoms with Gasteiger partial charge in [0, 0.05) is 113 Å². The lowest BCUT2D eigenvalue weighted by Gasteiger charge is -2.28. The van der Waals surface area contributed by atoms with E-state index in [1.807, 2.05) is 77.8 Å². The molecule has 6 aliphatic heterocycles. The minimum atomic E-state index is 0.375.